The number of ether oxygens (including phenoxy) is 7. The van der Waals surface area contributed by atoms with Crippen molar-refractivity contribution in [3.05, 3.63) is 106 Å². The summed E-state index contributed by atoms with van der Waals surface area (Å²) in [7, 11) is 0. The molecule has 2 N–H and O–H groups in total. The summed E-state index contributed by atoms with van der Waals surface area (Å²) in [5, 5.41) is 37.0. The van der Waals surface area contributed by atoms with Gasteiger partial charge in [-0.2, -0.15) is 0 Å². The van der Waals surface area contributed by atoms with E-state index in [9.17, 15) is 20.3 Å². The van der Waals surface area contributed by atoms with Crippen LogP contribution >= 0.6 is 0 Å². The molecule has 16 nitrogen and oxygen atoms in total. The number of aliphatic hydroxyl groups is 2. The molecule has 1 saturated carbocycles. The highest BCUT2D eigenvalue weighted by atomic mass is 16.8. The van der Waals surface area contributed by atoms with Gasteiger partial charge in [0.2, 0.25) is 18.9 Å². The molecule has 7 atom stereocenters. The van der Waals surface area contributed by atoms with Crippen molar-refractivity contribution >= 4 is 17.5 Å². The molecule has 1 amide bonds. The highest BCUT2D eigenvalue weighted by molar-refractivity contribution is 6.03. The number of non-ortho nitro benzene ring substituents is 1. The molecule has 3 aromatic rings. The van der Waals surface area contributed by atoms with Gasteiger partial charge in [0, 0.05) is 50.1 Å². The van der Waals surface area contributed by atoms with Gasteiger partial charge in [-0.1, -0.05) is 107 Å². The van der Waals surface area contributed by atoms with Gasteiger partial charge in [0.1, 0.15) is 23.3 Å². The number of carbonyl (C=O) groups is 1. The van der Waals surface area contributed by atoms with Crippen LogP contribution in [0.25, 0.3) is 0 Å². The molecule has 3 aromatic carbocycles. The van der Waals surface area contributed by atoms with Gasteiger partial charge < -0.3 is 48.2 Å². The van der Waals surface area contributed by atoms with Gasteiger partial charge in [-0.15, -0.1) is 6.58 Å². The number of carbonyl (C=O) groups excluding carboxylic acids is 1. The first-order valence-electron chi connectivity index (χ1n) is 27.9. The highest BCUT2D eigenvalue weighted by Crippen LogP contribution is 2.62. The minimum Gasteiger partial charge on any atom is -0.459 e. The highest BCUT2D eigenvalue weighted by Gasteiger charge is 2.66. The number of benzene rings is 3. The largest absolute Gasteiger partial charge is 0.459 e. The summed E-state index contributed by atoms with van der Waals surface area (Å²) < 4.78 is 45.1. The van der Waals surface area contributed by atoms with Crippen molar-refractivity contribution in [2.45, 2.75) is 166 Å². The van der Waals surface area contributed by atoms with E-state index in [1.807, 2.05) is 30.3 Å². The SMILES string of the molecule is C=CCOC12Oc3ccc(Oc4cccc([N+](=O)[O-])c4)cc3C3C(CCCCO)C(CCCCO)C=C(C(=NOC4CCCCO4)CC1N(Cc1ccc4c(c1)OCO4)C(=O)OCCCCCCCCCCCC)C32. The number of hydrogen-bond acceptors (Lipinski definition) is 14. The molecule has 0 bridgehead atoms. The number of unbranched alkanes of at least 4 members (excludes halogenated alkanes) is 11. The third-order valence-corrected chi connectivity index (χ3v) is 15.5. The quantitative estimate of drug-likeness (QED) is 0.0278. The van der Waals surface area contributed by atoms with Crippen molar-refractivity contribution in [3.8, 4) is 28.7 Å². The average Bonchev–Trinajstić information content (AvgIpc) is 3.94. The Hall–Kier alpha value is -5.68. The van der Waals surface area contributed by atoms with Crippen LogP contribution in [0.2, 0.25) is 0 Å². The van der Waals surface area contributed by atoms with Crippen LogP contribution in [0.1, 0.15) is 152 Å². The molecule has 0 spiro atoms. The van der Waals surface area contributed by atoms with Gasteiger partial charge in [-0.3, -0.25) is 15.0 Å². The van der Waals surface area contributed by atoms with Crippen molar-refractivity contribution in [3.63, 3.8) is 0 Å². The van der Waals surface area contributed by atoms with Gasteiger partial charge in [0.15, 0.2) is 11.5 Å². The van der Waals surface area contributed by atoms with Gasteiger partial charge in [0.25, 0.3) is 5.69 Å². The lowest BCUT2D eigenvalue weighted by Crippen LogP contribution is -2.70. The van der Waals surface area contributed by atoms with Crippen LogP contribution in [-0.4, -0.2) is 89.8 Å². The lowest BCUT2D eigenvalue weighted by Gasteiger charge is -2.60. The van der Waals surface area contributed by atoms with E-state index in [1.54, 1.807) is 29.2 Å². The first kappa shape index (κ1) is 55.5. The lowest BCUT2D eigenvalue weighted by molar-refractivity contribution is -0.384. The number of amides is 1. The maximum absolute atomic E-state index is 15.3. The van der Waals surface area contributed by atoms with Crippen molar-refractivity contribution in [2.24, 2.45) is 22.9 Å². The van der Waals surface area contributed by atoms with E-state index in [-0.39, 0.29) is 69.6 Å². The van der Waals surface area contributed by atoms with E-state index in [2.05, 4.69) is 19.6 Å². The second kappa shape index (κ2) is 27.9. The minimum absolute atomic E-state index is 0.0145. The summed E-state index contributed by atoms with van der Waals surface area (Å²) >= 11 is 0. The van der Waals surface area contributed by atoms with Crippen molar-refractivity contribution < 1.29 is 57.9 Å². The number of oxime groups is 1. The number of nitro benzene ring substituents is 1. The summed E-state index contributed by atoms with van der Waals surface area (Å²) in [6.07, 6.45) is 21.3. The van der Waals surface area contributed by atoms with Gasteiger partial charge in [-0.05, 0) is 104 Å². The Bertz CT molecular complexity index is 2410. The summed E-state index contributed by atoms with van der Waals surface area (Å²) in [5.74, 6) is -0.0799. The molecule has 16 heteroatoms. The predicted octanol–water partition coefficient (Wildman–Crippen LogP) is 12.8. The fraction of sp³-hybridized carbons (Fsp3) is 0.593. The fourth-order valence-electron chi connectivity index (χ4n) is 11.8. The van der Waals surface area contributed by atoms with E-state index in [4.69, 9.17) is 43.2 Å². The van der Waals surface area contributed by atoms with Gasteiger partial charge >= 0.3 is 6.09 Å². The third-order valence-electron chi connectivity index (χ3n) is 15.5. The van der Waals surface area contributed by atoms with E-state index in [0.717, 1.165) is 80.9 Å². The molecule has 1 saturated heterocycles. The summed E-state index contributed by atoms with van der Waals surface area (Å²) in [4.78, 5) is 34.7. The number of nitrogens with zero attached hydrogens (tertiary/aromatic N) is 3. The molecule has 75 heavy (non-hydrogen) atoms. The monoisotopic (exact) mass is 1040 g/mol. The Kier molecular flexibility index (Phi) is 20.7. The van der Waals surface area contributed by atoms with E-state index in [1.165, 1.54) is 50.7 Å². The maximum atomic E-state index is 15.3. The standard InChI is InChI=1S/C59H79N3O13/c1-3-5-6-7-8-9-10-11-12-18-34-69-58(65)61(40-42-26-28-52-53(35-42)71-41-70-52)54-39-50(60-75-55-25-15-19-33-68-55)48-36-43(21-13-16-30-63)47(24-14-17-31-64)56-49-38-46(73-45-23-20-22-44(37-45)62(66)67)27-29-51(49)74-59(54,57(48)56)72-32-4-2/h4,20,22-23,26-29,35-38,43,47,54-57,63-64H,2-3,5-19,21,24-25,30-34,39-41H2,1H3. The number of rotatable bonds is 30. The Morgan fingerprint density at radius 3 is 2.37 bits per heavy atom. The average molecular weight is 1040 g/mol. The Balaban J connectivity index is 1.24. The molecule has 0 radical (unpaired) electrons. The Morgan fingerprint density at radius 1 is 0.880 bits per heavy atom. The molecule has 8 rings (SSSR count). The van der Waals surface area contributed by atoms with Crippen LogP contribution in [0.15, 0.2) is 90.1 Å². The molecule has 7 unspecified atom stereocenters. The Labute approximate surface area is 442 Å². The number of aliphatic hydroxyl groups excluding tert-OH is 2. The minimum atomic E-state index is -1.56. The van der Waals surface area contributed by atoms with E-state index in [0.29, 0.717) is 60.3 Å². The van der Waals surface area contributed by atoms with Crippen LogP contribution in [-0.2, 0) is 25.6 Å². The maximum Gasteiger partial charge on any atom is 0.410 e. The number of fused-ring (bicyclic) bond motifs is 3. The lowest BCUT2D eigenvalue weighted by atomic mass is 9.55. The summed E-state index contributed by atoms with van der Waals surface area (Å²) in [6.45, 7) is 7.51. The van der Waals surface area contributed by atoms with E-state index < -0.39 is 35.1 Å². The normalized spacial score (nSPS) is 23.8. The topological polar surface area (TPSA) is 190 Å². The molecule has 5 aliphatic rings. The number of nitro groups is 1. The van der Waals surface area contributed by atoms with Gasteiger partial charge in [0.05, 0.1) is 42.4 Å². The second-order valence-electron chi connectivity index (χ2n) is 20.6. The molecule has 2 fully saturated rings. The predicted molar refractivity (Wildman–Crippen MR) is 284 cm³/mol. The van der Waals surface area contributed by atoms with Crippen LogP contribution in [0.5, 0.6) is 28.7 Å². The molecule has 408 valence electrons. The Morgan fingerprint density at radius 2 is 1.63 bits per heavy atom. The zero-order chi connectivity index (χ0) is 52.4. The zero-order valence-corrected chi connectivity index (χ0v) is 43.9. The fourth-order valence-corrected chi connectivity index (χ4v) is 11.8. The smallest absolute Gasteiger partial charge is 0.410 e. The first-order chi connectivity index (χ1) is 36.8. The molecule has 3 aliphatic heterocycles. The van der Waals surface area contributed by atoms with E-state index >= 15 is 4.79 Å². The second-order valence-corrected chi connectivity index (χ2v) is 20.6. The molecule has 3 heterocycles. The summed E-state index contributed by atoms with van der Waals surface area (Å²) in [5.41, 5.74) is 3.04. The molecular weight excluding hydrogens is 959 g/mol. The third kappa shape index (κ3) is 14.0. The van der Waals surface area contributed by atoms with Crippen LogP contribution in [0.3, 0.4) is 0 Å². The number of hydrogen-bond donors (Lipinski definition) is 2. The summed E-state index contributed by atoms with van der Waals surface area (Å²) in [6, 6.07) is 16.5. The van der Waals surface area contributed by atoms with Crippen molar-refractivity contribution in [2.75, 3.05) is 39.8 Å². The molecule has 0 aromatic heterocycles. The van der Waals surface area contributed by atoms with Crippen molar-refractivity contribution in [1.82, 2.24) is 4.90 Å². The molecular formula is C59H79N3O13. The number of allylic oxidation sites excluding steroid dienone is 1. The van der Waals surface area contributed by atoms with Crippen molar-refractivity contribution in [1.29, 1.82) is 0 Å². The molecule has 2 aliphatic carbocycles. The van der Waals surface area contributed by atoms with Crippen LogP contribution < -0.4 is 18.9 Å². The first-order valence-corrected chi connectivity index (χ1v) is 27.9. The van der Waals surface area contributed by atoms with Crippen LogP contribution in [0, 0.1) is 27.9 Å². The van der Waals surface area contributed by atoms with Gasteiger partial charge in [-0.25, -0.2) is 4.79 Å². The zero-order valence-electron chi connectivity index (χ0n) is 43.9. The van der Waals surface area contributed by atoms with Crippen LogP contribution in [0.4, 0.5) is 10.5 Å².